The van der Waals surface area contributed by atoms with E-state index >= 15 is 0 Å². The Morgan fingerprint density at radius 2 is 2.27 bits per heavy atom. The lowest BCUT2D eigenvalue weighted by atomic mass is 10.2. The van der Waals surface area contributed by atoms with Gasteiger partial charge >= 0.3 is 11.7 Å². The molecule has 1 aliphatic rings. The summed E-state index contributed by atoms with van der Waals surface area (Å²) in [7, 11) is 0. The van der Waals surface area contributed by atoms with Gasteiger partial charge in [0.2, 0.25) is 0 Å². The first kappa shape index (κ1) is 16.2. The number of aliphatic hydroxyl groups is 1. The van der Waals surface area contributed by atoms with Crippen molar-refractivity contribution >= 4 is 5.97 Å². The average molecular weight is 310 g/mol. The molecular formula is C14H18N2O6. The molecule has 2 heterocycles. The highest BCUT2D eigenvalue weighted by atomic mass is 16.6. The summed E-state index contributed by atoms with van der Waals surface area (Å²) in [6, 6.07) is 0. The van der Waals surface area contributed by atoms with Crippen LogP contribution in [0.2, 0.25) is 0 Å². The molecule has 1 fully saturated rings. The highest BCUT2D eigenvalue weighted by molar-refractivity contribution is 5.86. The Bertz CT molecular complexity index is 704. The normalized spacial score (nSPS) is 24.2. The summed E-state index contributed by atoms with van der Waals surface area (Å²) in [5.41, 5.74) is -0.481. The SMILES string of the molecule is C=C(C)C(=O)OC[C@H]1O[C@@H](n2cc(C)c(=O)[nH]c2=O)C[C@@H]1O. The molecule has 0 aliphatic carbocycles. The van der Waals surface area contributed by atoms with E-state index in [9.17, 15) is 19.5 Å². The van der Waals surface area contributed by atoms with Crippen molar-refractivity contribution in [2.45, 2.75) is 38.7 Å². The topological polar surface area (TPSA) is 111 Å². The molecule has 1 aromatic heterocycles. The van der Waals surface area contributed by atoms with Crippen LogP contribution in [0.15, 0.2) is 27.9 Å². The van der Waals surface area contributed by atoms with Gasteiger partial charge in [0.25, 0.3) is 5.56 Å². The molecule has 0 unspecified atom stereocenters. The van der Waals surface area contributed by atoms with Crippen LogP contribution >= 0.6 is 0 Å². The van der Waals surface area contributed by atoms with E-state index in [2.05, 4.69) is 11.6 Å². The minimum Gasteiger partial charge on any atom is -0.459 e. The van der Waals surface area contributed by atoms with E-state index in [1.807, 2.05) is 0 Å². The van der Waals surface area contributed by atoms with E-state index in [4.69, 9.17) is 9.47 Å². The molecule has 0 aromatic carbocycles. The number of hydrogen-bond donors (Lipinski definition) is 2. The fraction of sp³-hybridized carbons (Fsp3) is 0.500. The first-order chi connectivity index (χ1) is 10.3. The van der Waals surface area contributed by atoms with E-state index in [1.165, 1.54) is 17.7 Å². The van der Waals surface area contributed by atoms with Crippen LogP contribution < -0.4 is 11.2 Å². The number of hydrogen-bond acceptors (Lipinski definition) is 6. The molecule has 22 heavy (non-hydrogen) atoms. The van der Waals surface area contributed by atoms with Gasteiger partial charge in [0.05, 0.1) is 6.10 Å². The number of aryl methyl sites for hydroxylation is 1. The van der Waals surface area contributed by atoms with Crippen LogP contribution in [0.3, 0.4) is 0 Å². The molecule has 0 bridgehead atoms. The van der Waals surface area contributed by atoms with Gasteiger partial charge in [-0.2, -0.15) is 0 Å². The smallest absolute Gasteiger partial charge is 0.333 e. The van der Waals surface area contributed by atoms with Crippen LogP contribution in [0.5, 0.6) is 0 Å². The summed E-state index contributed by atoms with van der Waals surface area (Å²) in [6.07, 6.45) is -0.831. The standard InChI is InChI=1S/C14H18N2O6/c1-7(2)13(19)21-6-10-9(17)4-11(22-10)16-5-8(3)12(18)15-14(16)20/h5,9-11,17H,1,4,6H2,2-3H3,(H,15,18,20)/t9-,10+,11+/m0/s1. The second kappa shape index (κ2) is 6.29. The van der Waals surface area contributed by atoms with Gasteiger partial charge in [-0.15, -0.1) is 0 Å². The van der Waals surface area contributed by atoms with Crippen LogP contribution in [-0.4, -0.2) is 39.4 Å². The molecule has 0 spiro atoms. The van der Waals surface area contributed by atoms with E-state index in [0.717, 1.165) is 0 Å². The van der Waals surface area contributed by atoms with Crippen LogP contribution in [0.1, 0.15) is 25.1 Å². The molecule has 1 saturated heterocycles. The van der Waals surface area contributed by atoms with E-state index in [1.54, 1.807) is 6.92 Å². The zero-order valence-corrected chi connectivity index (χ0v) is 12.4. The van der Waals surface area contributed by atoms with Gasteiger partial charge in [-0.25, -0.2) is 9.59 Å². The summed E-state index contributed by atoms with van der Waals surface area (Å²) in [4.78, 5) is 36.7. The summed E-state index contributed by atoms with van der Waals surface area (Å²) in [6.45, 7) is 6.39. The molecule has 0 amide bonds. The number of esters is 1. The van der Waals surface area contributed by atoms with Crippen molar-refractivity contribution in [3.8, 4) is 0 Å². The molecule has 2 rings (SSSR count). The second-order valence-corrected chi connectivity index (χ2v) is 5.29. The van der Waals surface area contributed by atoms with Gasteiger partial charge in [-0.1, -0.05) is 6.58 Å². The zero-order valence-electron chi connectivity index (χ0n) is 12.4. The van der Waals surface area contributed by atoms with Gasteiger partial charge in [-0.05, 0) is 13.8 Å². The molecule has 120 valence electrons. The predicted molar refractivity (Wildman–Crippen MR) is 76.4 cm³/mol. The lowest BCUT2D eigenvalue weighted by Gasteiger charge is -2.16. The number of ether oxygens (including phenoxy) is 2. The number of aromatic nitrogens is 2. The fourth-order valence-corrected chi connectivity index (χ4v) is 2.12. The van der Waals surface area contributed by atoms with Gasteiger partial charge in [-0.3, -0.25) is 14.3 Å². The van der Waals surface area contributed by atoms with Crippen LogP contribution in [0.25, 0.3) is 0 Å². The molecule has 1 aromatic rings. The molecule has 0 saturated carbocycles. The van der Waals surface area contributed by atoms with Gasteiger partial charge < -0.3 is 14.6 Å². The second-order valence-electron chi connectivity index (χ2n) is 5.29. The molecule has 1 aliphatic heterocycles. The lowest BCUT2D eigenvalue weighted by Crippen LogP contribution is -2.33. The van der Waals surface area contributed by atoms with Crippen molar-refractivity contribution in [3.63, 3.8) is 0 Å². The Morgan fingerprint density at radius 3 is 2.91 bits per heavy atom. The third kappa shape index (κ3) is 3.34. The van der Waals surface area contributed by atoms with Gasteiger partial charge in [0.1, 0.15) is 18.9 Å². The van der Waals surface area contributed by atoms with Gasteiger partial charge in [0.15, 0.2) is 0 Å². The third-order valence-corrected chi connectivity index (χ3v) is 3.39. The Kier molecular flexibility index (Phi) is 4.62. The number of nitrogens with one attached hydrogen (secondary N) is 1. The van der Waals surface area contributed by atoms with Crippen molar-refractivity contribution in [2.75, 3.05) is 6.61 Å². The van der Waals surface area contributed by atoms with Crippen molar-refractivity contribution in [1.29, 1.82) is 0 Å². The number of aliphatic hydroxyl groups excluding tert-OH is 1. The van der Waals surface area contributed by atoms with Crippen molar-refractivity contribution in [2.24, 2.45) is 0 Å². The highest BCUT2D eigenvalue weighted by Crippen LogP contribution is 2.27. The number of aromatic amines is 1. The molecule has 0 radical (unpaired) electrons. The molecular weight excluding hydrogens is 292 g/mol. The lowest BCUT2D eigenvalue weighted by molar-refractivity contribution is -0.145. The third-order valence-electron chi connectivity index (χ3n) is 3.39. The zero-order chi connectivity index (χ0) is 16.4. The first-order valence-electron chi connectivity index (χ1n) is 6.78. The quantitative estimate of drug-likeness (QED) is 0.579. The number of rotatable bonds is 4. The molecule has 8 heteroatoms. The van der Waals surface area contributed by atoms with Crippen LogP contribution in [0, 0.1) is 6.92 Å². The van der Waals surface area contributed by atoms with Crippen molar-refractivity contribution < 1.29 is 19.4 Å². The Hall–Kier alpha value is -2.19. The molecule has 2 N–H and O–H groups in total. The maximum atomic E-state index is 11.8. The highest BCUT2D eigenvalue weighted by Gasteiger charge is 2.36. The van der Waals surface area contributed by atoms with E-state index in [-0.39, 0.29) is 18.6 Å². The first-order valence-corrected chi connectivity index (χ1v) is 6.78. The summed E-state index contributed by atoms with van der Waals surface area (Å²) >= 11 is 0. The Morgan fingerprint density at radius 1 is 1.59 bits per heavy atom. The predicted octanol–water partition coefficient (Wildman–Crippen LogP) is -0.387. The van der Waals surface area contributed by atoms with Gasteiger partial charge in [0, 0.05) is 23.8 Å². The monoisotopic (exact) mass is 310 g/mol. The van der Waals surface area contributed by atoms with E-state index < -0.39 is 35.7 Å². The molecule has 3 atom stereocenters. The van der Waals surface area contributed by atoms with Crippen molar-refractivity contribution in [3.05, 3.63) is 44.8 Å². The summed E-state index contributed by atoms with van der Waals surface area (Å²) in [5.74, 6) is -0.573. The van der Waals surface area contributed by atoms with Crippen LogP contribution in [0.4, 0.5) is 0 Å². The number of carbonyl (C=O) groups excluding carboxylic acids is 1. The average Bonchev–Trinajstić information content (AvgIpc) is 2.81. The number of nitrogens with zero attached hydrogens (tertiary/aromatic N) is 1. The van der Waals surface area contributed by atoms with Crippen molar-refractivity contribution in [1.82, 2.24) is 9.55 Å². The minimum atomic E-state index is -0.887. The maximum Gasteiger partial charge on any atom is 0.333 e. The number of H-pyrrole nitrogens is 1. The maximum absolute atomic E-state index is 11.8. The Labute approximate surface area is 126 Å². The largest absolute Gasteiger partial charge is 0.459 e. The molecule has 8 nitrogen and oxygen atoms in total. The Balaban J connectivity index is 2.09. The minimum absolute atomic E-state index is 0.138. The van der Waals surface area contributed by atoms with Crippen LogP contribution in [-0.2, 0) is 14.3 Å². The number of carbonyl (C=O) groups is 1. The fourth-order valence-electron chi connectivity index (χ4n) is 2.12. The van der Waals surface area contributed by atoms with E-state index in [0.29, 0.717) is 5.56 Å². The summed E-state index contributed by atoms with van der Waals surface area (Å²) < 4.78 is 11.7. The summed E-state index contributed by atoms with van der Waals surface area (Å²) in [5, 5.41) is 9.96.